The Morgan fingerprint density at radius 1 is 1.62 bits per heavy atom. The van der Waals surface area contributed by atoms with Crippen molar-refractivity contribution >= 4 is 0 Å². The zero-order valence-electron chi connectivity index (χ0n) is 8.50. The number of furan rings is 1. The number of hydrogen-bond donors (Lipinski definition) is 1. The molecule has 0 amide bonds. The zero-order chi connectivity index (χ0) is 9.84. The average Bonchev–Trinajstić information content (AvgIpc) is 2.49. The summed E-state index contributed by atoms with van der Waals surface area (Å²) in [7, 11) is 0. The van der Waals surface area contributed by atoms with E-state index >= 15 is 0 Å². The molecule has 2 nitrogen and oxygen atoms in total. The van der Waals surface area contributed by atoms with E-state index in [1.54, 1.807) is 6.26 Å². The number of hydrogen-bond acceptors (Lipinski definition) is 2. The lowest BCUT2D eigenvalue weighted by Crippen LogP contribution is -2.08. The molecular formula is C11H17NO. The van der Waals surface area contributed by atoms with E-state index in [4.69, 9.17) is 10.2 Å². The molecule has 0 fully saturated rings. The van der Waals surface area contributed by atoms with E-state index in [0.29, 0.717) is 0 Å². The SMILES string of the molecule is CCc1occc1C(N)C=C(C)C. The van der Waals surface area contributed by atoms with Crippen molar-refractivity contribution in [1.29, 1.82) is 0 Å². The first kappa shape index (κ1) is 10.1. The molecule has 1 atom stereocenters. The minimum atomic E-state index is -0.0290. The third-order valence-corrected chi connectivity index (χ3v) is 1.97. The normalized spacial score (nSPS) is 12.6. The van der Waals surface area contributed by atoms with Gasteiger partial charge in [0.25, 0.3) is 0 Å². The van der Waals surface area contributed by atoms with Gasteiger partial charge in [-0.05, 0) is 19.9 Å². The van der Waals surface area contributed by atoms with E-state index in [0.717, 1.165) is 17.7 Å². The molecule has 1 heterocycles. The van der Waals surface area contributed by atoms with Crippen LogP contribution < -0.4 is 5.73 Å². The van der Waals surface area contributed by atoms with Crippen LogP contribution in [0.15, 0.2) is 28.4 Å². The smallest absolute Gasteiger partial charge is 0.108 e. The van der Waals surface area contributed by atoms with Gasteiger partial charge < -0.3 is 10.2 Å². The van der Waals surface area contributed by atoms with Gasteiger partial charge in [-0.3, -0.25) is 0 Å². The van der Waals surface area contributed by atoms with E-state index in [1.165, 1.54) is 5.57 Å². The van der Waals surface area contributed by atoms with Crippen molar-refractivity contribution in [3.05, 3.63) is 35.3 Å². The van der Waals surface area contributed by atoms with Gasteiger partial charge in [-0.1, -0.05) is 18.6 Å². The van der Waals surface area contributed by atoms with Crippen molar-refractivity contribution in [1.82, 2.24) is 0 Å². The Bertz CT molecular complexity index is 295. The maximum Gasteiger partial charge on any atom is 0.108 e. The van der Waals surface area contributed by atoms with Crippen LogP contribution in [0.5, 0.6) is 0 Å². The monoisotopic (exact) mass is 179 g/mol. The first-order valence-electron chi connectivity index (χ1n) is 4.62. The van der Waals surface area contributed by atoms with E-state index in [2.05, 4.69) is 6.92 Å². The molecule has 0 aromatic carbocycles. The van der Waals surface area contributed by atoms with Gasteiger partial charge in [0.05, 0.1) is 12.3 Å². The highest BCUT2D eigenvalue weighted by Crippen LogP contribution is 2.19. The van der Waals surface area contributed by atoms with Crippen molar-refractivity contribution in [3.8, 4) is 0 Å². The minimum Gasteiger partial charge on any atom is -0.469 e. The molecule has 1 rings (SSSR count). The summed E-state index contributed by atoms with van der Waals surface area (Å²) < 4.78 is 5.31. The highest BCUT2D eigenvalue weighted by molar-refractivity contribution is 5.25. The quantitative estimate of drug-likeness (QED) is 0.725. The van der Waals surface area contributed by atoms with Crippen LogP contribution in [0.1, 0.15) is 38.1 Å². The van der Waals surface area contributed by atoms with Gasteiger partial charge in [0, 0.05) is 12.0 Å². The highest BCUT2D eigenvalue weighted by atomic mass is 16.3. The molecule has 0 spiro atoms. The third-order valence-electron chi connectivity index (χ3n) is 1.97. The first-order chi connectivity index (χ1) is 6.15. The van der Waals surface area contributed by atoms with Gasteiger partial charge in [0.15, 0.2) is 0 Å². The lowest BCUT2D eigenvalue weighted by atomic mass is 10.1. The zero-order valence-corrected chi connectivity index (χ0v) is 8.50. The van der Waals surface area contributed by atoms with Gasteiger partial charge in [0.1, 0.15) is 5.76 Å². The van der Waals surface area contributed by atoms with Gasteiger partial charge >= 0.3 is 0 Å². The maximum absolute atomic E-state index is 5.98. The van der Waals surface area contributed by atoms with Crippen LogP contribution in [0.2, 0.25) is 0 Å². The van der Waals surface area contributed by atoms with Crippen LogP contribution in [0.25, 0.3) is 0 Å². The molecule has 0 radical (unpaired) electrons. The molecule has 2 heteroatoms. The second kappa shape index (κ2) is 4.28. The summed E-state index contributed by atoms with van der Waals surface area (Å²) >= 11 is 0. The van der Waals surface area contributed by atoms with Crippen molar-refractivity contribution in [3.63, 3.8) is 0 Å². The molecule has 0 aliphatic heterocycles. The van der Waals surface area contributed by atoms with E-state index in [-0.39, 0.29) is 6.04 Å². The third kappa shape index (κ3) is 2.46. The molecule has 1 aromatic heterocycles. The molecular weight excluding hydrogens is 162 g/mol. The summed E-state index contributed by atoms with van der Waals surface area (Å²) in [5.41, 5.74) is 8.31. The minimum absolute atomic E-state index is 0.0290. The van der Waals surface area contributed by atoms with Gasteiger partial charge in [-0.25, -0.2) is 0 Å². The molecule has 1 aromatic rings. The Kier molecular flexibility index (Phi) is 3.32. The Balaban J connectivity index is 2.88. The number of nitrogens with two attached hydrogens (primary N) is 1. The maximum atomic E-state index is 5.98. The fraction of sp³-hybridized carbons (Fsp3) is 0.455. The summed E-state index contributed by atoms with van der Waals surface area (Å²) in [5.74, 6) is 0.991. The Hall–Kier alpha value is -1.02. The van der Waals surface area contributed by atoms with Crippen LogP contribution in [0.3, 0.4) is 0 Å². The lowest BCUT2D eigenvalue weighted by Gasteiger charge is -2.06. The molecule has 2 N–H and O–H groups in total. The molecule has 0 aliphatic rings. The summed E-state index contributed by atoms with van der Waals surface area (Å²) in [6.07, 6.45) is 4.64. The average molecular weight is 179 g/mol. The molecule has 0 aliphatic carbocycles. The summed E-state index contributed by atoms with van der Waals surface area (Å²) in [5, 5.41) is 0. The first-order valence-corrected chi connectivity index (χ1v) is 4.62. The lowest BCUT2D eigenvalue weighted by molar-refractivity contribution is 0.509. The highest BCUT2D eigenvalue weighted by Gasteiger charge is 2.09. The van der Waals surface area contributed by atoms with E-state index in [1.807, 2.05) is 26.0 Å². The van der Waals surface area contributed by atoms with Crippen molar-refractivity contribution in [2.45, 2.75) is 33.2 Å². The predicted molar refractivity (Wildman–Crippen MR) is 54.4 cm³/mol. The van der Waals surface area contributed by atoms with Crippen molar-refractivity contribution in [2.75, 3.05) is 0 Å². The second-order valence-corrected chi connectivity index (χ2v) is 3.42. The van der Waals surface area contributed by atoms with Crippen LogP contribution in [-0.4, -0.2) is 0 Å². The Morgan fingerprint density at radius 3 is 2.85 bits per heavy atom. The largest absolute Gasteiger partial charge is 0.469 e. The number of allylic oxidation sites excluding steroid dienone is 1. The molecule has 72 valence electrons. The fourth-order valence-electron chi connectivity index (χ4n) is 1.38. The Morgan fingerprint density at radius 2 is 2.31 bits per heavy atom. The summed E-state index contributed by atoms with van der Waals surface area (Å²) in [6, 6.07) is 1.92. The van der Waals surface area contributed by atoms with Gasteiger partial charge in [-0.2, -0.15) is 0 Å². The van der Waals surface area contributed by atoms with Crippen LogP contribution in [-0.2, 0) is 6.42 Å². The molecule has 0 bridgehead atoms. The van der Waals surface area contributed by atoms with Crippen molar-refractivity contribution in [2.24, 2.45) is 5.73 Å². The molecule has 13 heavy (non-hydrogen) atoms. The standard InChI is InChI=1S/C11H17NO/c1-4-11-9(5-6-13-11)10(12)7-8(2)3/h5-7,10H,4,12H2,1-3H3. The Labute approximate surface area is 79.4 Å². The number of aryl methyl sites for hydroxylation is 1. The van der Waals surface area contributed by atoms with E-state index in [9.17, 15) is 0 Å². The summed E-state index contributed by atoms with van der Waals surface area (Å²) in [6.45, 7) is 6.16. The van der Waals surface area contributed by atoms with E-state index < -0.39 is 0 Å². The van der Waals surface area contributed by atoms with Crippen molar-refractivity contribution < 1.29 is 4.42 Å². The molecule has 1 unspecified atom stereocenters. The van der Waals surface area contributed by atoms with Gasteiger partial charge in [0.2, 0.25) is 0 Å². The molecule has 0 saturated heterocycles. The van der Waals surface area contributed by atoms with Crippen LogP contribution in [0.4, 0.5) is 0 Å². The molecule has 0 saturated carbocycles. The van der Waals surface area contributed by atoms with Crippen LogP contribution >= 0.6 is 0 Å². The fourth-order valence-corrected chi connectivity index (χ4v) is 1.38. The topological polar surface area (TPSA) is 39.2 Å². The second-order valence-electron chi connectivity index (χ2n) is 3.42. The number of rotatable bonds is 3. The van der Waals surface area contributed by atoms with Gasteiger partial charge in [-0.15, -0.1) is 0 Å². The summed E-state index contributed by atoms with van der Waals surface area (Å²) in [4.78, 5) is 0. The van der Waals surface area contributed by atoms with Crippen LogP contribution in [0, 0.1) is 0 Å². The predicted octanol–water partition coefficient (Wildman–Crippen LogP) is 2.81.